The summed E-state index contributed by atoms with van der Waals surface area (Å²) in [5.74, 6) is -0.419. The van der Waals surface area contributed by atoms with E-state index < -0.39 is 11.0 Å². The number of amides is 3. The van der Waals surface area contributed by atoms with Crippen LogP contribution in [0.1, 0.15) is 35.7 Å². The summed E-state index contributed by atoms with van der Waals surface area (Å²) in [5, 5.41) is 11.0. The van der Waals surface area contributed by atoms with Gasteiger partial charge in [-0.15, -0.1) is 0 Å². The van der Waals surface area contributed by atoms with Crippen molar-refractivity contribution in [2.75, 3.05) is 39.3 Å². The lowest BCUT2D eigenvalue weighted by molar-refractivity contribution is -0.385. The molecule has 2 heterocycles. The number of hydrogen-bond acceptors (Lipinski definition) is 6. The van der Waals surface area contributed by atoms with Crippen LogP contribution in [-0.2, 0) is 9.53 Å². The Morgan fingerprint density at radius 1 is 1.13 bits per heavy atom. The molecule has 0 bridgehead atoms. The molecule has 2 fully saturated rings. The smallest absolute Gasteiger partial charge is 0.409 e. The largest absolute Gasteiger partial charge is 0.450 e. The summed E-state index contributed by atoms with van der Waals surface area (Å²) in [4.78, 5) is 53.2. The first-order chi connectivity index (χ1) is 14.3. The third kappa shape index (κ3) is 4.37. The molecule has 3 amide bonds. The highest BCUT2D eigenvalue weighted by atomic mass is 16.6. The van der Waals surface area contributed by atoms with Gasteiger partial charge in [0.15, 0.2) is 0 Å². The lowest BCUT2D eigenvalue weighted by atomic mass is 10.1. The molecule has 0 aliphatic carbocycles. The zero-order valence-electron chi connectivity index (χ0n) is 17.2. The summed E-state index contributed by atoms with van der Waals surface area (Å²) in [6.07, 6.45) is 0.918. The standard InChI is InChI=1S/C20H26N4O6/c1-3-30-20(27)22-11-9-21(10-12-22)19(26)17-5-4-8-23(17)18(25)15-6-7-16(24(28)29)14(2)13-15/h6-7,13,17H,3-5,8-12H2,1-2H3. The van der Waals surface area contributed by atoms with E-state index in [0.29, 0.717) is 56.9 Å². The number of likely N-dealkylation sites (tertiary alicyclic amines) is 1. The highest BCUT2D eigenvalue weighted by molar-refractivity contribution is 5.98. The number of hydrogen-bond donors (Lipinski definition) is 0. The summed E-state index contributed by atoms with van der Waals surface area (Å²) < 4.78 is 5.00. The monoisotopic (exact) mass is 418 g/mol. The van der Waals surface area contributed by atoms with Gasteiger partial charge in [-0.25, -0.2) is 4.79 Å². The lowest BCUT2D eigenvalue weighted by Crippen LogP contribution is -2.55. The van der Waals surface area contributed by atoms with Gasteiger partial charge in [0, 0.05) is 49.9 Å². The van der Waals surface area contributed by atoms with Crippen LogP contribution in [0.15, 0.2) is 18.2 Å². The SMILES string of the molecule is CCOC(=O)N1CCN(C(=O)C2CCCN2C(=O)c2ccc([N+](=O)[O-])c(C)c2)CC1. The van der Waals surface area contributed by atoms with Gasteiger partial charge in [0.2, 0.25) is 5.91 Å². The van der Waals surface area contributed by atoms with Gasteiger partial charge >= 0.3 is 6.09 Å². The molecule has 0 saturated carbocycles. The summed E-state index contributed by atoms with van der Waals surface area (Å²) >= 11 is 0. The lowest BCUT2D eigenvalue weighted by Gasteiger charge is -2.36. The number of aryl methyl sites for hydroxylation is 1. The Morgan fingerprint density at radius 3 is 2.40 bits per heavy atom. The van der Waals surface area contributed by atoms with Gasteiger partial charge in [-0.3, -0.25) is 19.7 Å². The highest BCUT2D eigenvalue weighted by Gasteiger charge is 2.38. The average molecular weight is 418 g/mol. The number of benzene rings is 1. The van der Waals surface area contributed by atoms with E-state index in [4.69, 9.17) is 4.74 Å². The van der Waals surface area contributed by atoms with E-state index in [2.05, 4.69) is 0 Å². The Hall–Kier alpha value is -3.17. The van der Waals surface area contributed by atoms with Gasteiger partial charge in [-0.1, -0.05) is 0 Å². The van der Waals surface area contributed by atoms with Crippen molar-refractivity contribution in [1.82, 2.24) is 14.7 Å². The summed E-state index contributed by atoms with van der Waals surface area (Å²) in [5.41, 5.74) is 0.702. The van der Waals surface area contributed by atoms with Gasteiger partial charge in [-0.2, -0.15) is 0 Å². The van der Waals surface area contributed by atoms with Crippen molar-refractivity contribution in [3.63, 3.8) is 0 Å². The van der Waals surface area contributed by atoms with E-state index in [9.17, 15) is 24.5 Å². The topological polar surface area (TPSA) is 113 Å². The molecule has 1 aromatic rings. The van der Waals surface area contributed by atoms with Crippen molar-refractivity contribution < 1.29 is 24.0 Å². The molecular weight excluding hydrogens is 392 g/mol. The molecule has 10 nitrogen and oxygen atoms in total. The normalized spacial score (nSPS) is 19.0. The third-order valence-electron chi connectivity index (χ3n) is 5.56. The van der Waals surface area contributed by atoms with Crippen molar-refractivity contribution in [1.29, 1.82) is 0 Å². The van der Waals surface area contributed by atoms with Crippen LogP contribution < -0.4 is 0 Å². The molecule has 2 aliphatic heterocycles. The van der Waals surface area contributed by atoms with Gasteiger partial charge in [0.25, 0.3) is 11.6 Å². The van der Waals surface area contributed by atoms with E-state index in [-0.39, 0.29) is 23.6 Å². The first kappa shape index (κ1) is 21.5. The molecule has 2 saturated heterocycles. The highest BCUT2D eigenvalue weighted by Crippen LogP contribution is 2.25. The first-order valence-corrected chi connectivity index (χ1v) is 10.1. The number of nitrogens with zero attached hydrogens (tertiary/aromatic N) is 4. The molecule has 30 heavy (non-hydrogen) atoms. The molecule has 1 atom stereocenters. The van der Waals surface area contributed by atoms with Crippen LogP contribution in [-0.4, -0.2) is 82.9 Å². The summed E-state index contributed by atoms with van der Waals surface area (Å²) in [6.45, 7) is 5.69. The van der Waals surface area contributed by atoms with Crippen LogP contribution in [0.4, 0.5) is 10.5 Å². The number of ether oxygens (including phenoxy) is 1. The molecule has 0 radical (unpaired) electrons. The zero-order valence-corrected chi connectivity index (χ0v) is 17.2. The Morgan fingerprint density at radius 2 is 1.80 bits per heavy atom. The maximum atomic E-state index is 13.1. The molecule has 2 aliphatic rings. The summed E-state index contributed by atoms with van der Waals surface area (Å²) in [6, 6.07) is 3.70. The first-order valence-electron chi connectivity index (χ1n) is 10.1. The van der Waals surface area contributed by atoms with Crippen LogP contribution in [0.3, 0.4) is 0 Å². The minimum Gasteiger partial charge on any atom is -0.450 e. The predicted molar refractivity (Wildman–Crippen MR) is 107 cm³/mol. The van der Waals surface area contributed by atoms with Crippen LogP contribution in [0.5, 0.6) is 0 Å². The molecular formula is C20H26N4O6. The number of rotatable bonds is 4. The number of nitro groups is 1. The Kier molecular flexibility index (Phi) is 6.53. The van der Waals surface area contributed by atoms with Crippen LogP contribution >= 0.6 is 0 Å². The molecule has 0 N–H and O–H groups in total. The van der Waals surface area contributed by atoms with Crippen molar-refractivity contribution in [2.24, 2.45) is 0 Å². The maximum absolute atomic E-state index is 13.1. The zero-order chi connectivity index (χ0) is 21.8. The van der Waals surface area contributed by atoms with Crippen LogP contribution in [0, 0.1) is 17.0 Å². The van der Waals surface area contributed by atoms with E-state index >= 15 is 0 Å². The van der Waals surface area contributed by atoms with Crippen molar-refractivity contribution in [3.8, 4) is 0 Å². The fourth-order valence-corrected chi connectivity index (χ4v) is 3.96. The number of carbonyl (C=O) groups is 3. The second-order valence-corrected chi connectivity index (χ2v) is 7.43. The fourth-order valence-electron chi connectivity index (χ4n) is 3.96. The maximum Gasteiger partial charge on any atom is 0.409 e. The van der Waals surface area contributed by atoms with E-state index in [0.717, 1.165) is 6.42 Å². The molecule has 0 spiro atoms. The minimum atomic E-state index is -0.554. The quantitative estimate of drug-likeness (QED) is 0.544. The van der Waals surface area contributed by atoms with E-state index in [1.807, 2.05) is 0 Å². The van der Waals surface area contributed by atoms with Crippen molar-refractivity contribution in [3.05, 3.63) is 39.4 Å². The van der Waals surface area contributed by atoms with Gasteiger partial charge in [0.1, 0.15) is 6.04 Å². The second kappa shape index (κ2) is 9.10. The van der Waals surface area contributed by atoms with Crippen molar-refractivity contribution in [2.45, 2.75) is 32.7 Å². The number of nitro benzene ring substituents is 1. The Labute approximate surface area is 174 Å². The molecule has 1 aromatic carbocycles. The summed E-state index contributed by atoms with van der Waals surface area (Å²) in [7, 11) is 0. The number of piperazine rings is 1. The molecule has 162 valence electrons. The van der Waals surface area contributed by atoms with Gasteiger partial charge < -0.3 is 19.4 Å². The van der Waals surface area contributed by atoms with Crippen molar-refractivity contribution >= 4 is 23.6 Å². The predicted octanol–water partition coefficient (Wildman–Crippen LogP) is 1.81. The molecule has 10 heteroatoms. The third-order valence-corrected chi connectivity index (χ3v) is 5.56. The Bertz CT molecular complexity index is 850. The van der Waals surface area contributed by atoms with Crippen LogP contribution in [0.2, 0.25) is 0 Å². The number of carbonyl (C=O) groups excluding carboxylic acids is 3. The fraction of sp³-hybridized carbons (Fsp3) is 0.550. The van der Waals surface area contributed by atoms with E-state index in [1.54, 1.807) is 28.5 Å². The van der Waals surface area contributed by atoms with Crippen LogP contribution in [0.25, 0.3) is 0 Å². The van der Waals surface area contributed by atoms with E-state index in [1.165, 1.54) is 18.2 Å². The molecule has 1 unspecified atom stereocenters. The Balaban J connectivity index is 1.66. The molecule has 3 rings (SSSR count). The minimum absolute atomic E-state index is 0.0416. The average Bonchev–Trinajstić information content (AvgIpc) is 3.22. The van der Waals surface area contributed by atoms with Gasteiger partial charge in [0.05, 0.1) is 11.5 Å². The van der Waals surface area contributed by atoms with Gasteiger partial charge in [-0.05, 0) is 38.8 Å². The molecule has 0 aromatic heterocycles. The second-order valence-electron chi connectivity index (χ2n) is 7.43.